The lowest BCUT2D eigenvalue weighted by molar-refractivity contribution is 0.414. The molecule has 3 aromatic rings. The topological polar surface area (TPSA) is 95.0 Å². The summed E-state index contributed by atoms with van der Waals surface area (Å²) >= 11 is 0. The lowest BCUT2D eigenvalue weighted by Crippen LogP contribution is -2.13. The number of ether oxygens (including phenoxy) is 1. The minimum atomic E-state index is -4.00. The molecule has 8 heteroatoms. The summed E-state index contributed by atoms with van der Waals surface area (Å²) in [6, 6.07) is 12.2. The van der Waals surface area contributed by atoms with E-state index in [0.29, 0.717) is 11.4 Å². The van der Waals surface area contributed by atoms with Crippen LogP contribution in [0.5, 0.6) is 5.75 Å². The molecular formula is C19H16FN3O3S. The van der Waals surface area contributed by atoms with E-state index in [9.17, 15) is 12.8 Å². The molecule has 1 aromatic heterocycles. The van der Waals surface area contributed by atoms with Crippen LogP contribution < -0.4 is 9.46 Å². The van der Waals surface area contributed by atoms with E-state index in [1.807, 2.05) is 19.1 Å². The van der Waals surface area contributed by atoms with Crippen molar-refractivity contribution in [1.29, 1.82) is 5.26 Å². The van der Waals surface area contributed by atoms with Crippen LogP contribution in [0.15, 0.2) is 53.6 Å². The molecule has 3 rings (SSSR count). The molecular weight excluding hydrogens is 369 g/mol. The molecule has 0 atom stereocenters. The van der Waals surface area contributed by atoms with Crippen LogP contribution in [0.1, 0.15) is 11.1 Å². The van der Waals surface area contributed by atoms with Crippen molar-refractivity contribution in [2.75, 3.05) is 11.8 Å². The van der Waals surface area contributed by atoms with Crippen LogP contribution in [-0.2, 0) is 10.0 Å². The third-order valence-electron chi connectivity index (χ3n) is 4.03. The van der Waals surface area contributed by atoms with Gasteiger partial charge in [-0.2, -0.15) is 5.26 Å². The summed E-state index contributed by atoms with van der Waals surface area (Å²) in [6.07, 6.45) is 1.34. The van der Waals surface area contributed by atoms with Crippen molar-refractivity contribution < 1.29 is 17.5 Å². The maximum atomic E-state index is 14.0. The van der Waals surface area contributed by atoms with E-state index in [-0.39, 0.29) is 16.1 Å². The van der Waals surface area contributed by atoms with E-state index in [4.69, 9.17) is 10.00 Å². The lowest BCUT2D eigenvalue weighted by Gasteiger charge is -2.08. The van der Waals surface area contributed by atoms with Crippen LogP contribution in [0.25, 0.3) is 11.3 Å². The molecule has 2 aromatic carbocycles. The van der Waals surface area contributed by atoms with Gasteiger partial charge in [-0.25, -0.2) is 12.8 Å². The number of halogens is 1. The highest BCUT2D eigenvalue weighted by Gasteiger charge is 2.19. The fourth-order valence-corrected chi connectivity index (χ4v) is 3.68. The maximum absolute atomic E-state index is 14.0. The Bertz CT molecular complexity index is 1150. The van der Waals surface area contributed by atoms with Crippen LogP contribution in [0, 0.1) is 24.1 Å². The lowest BCUT2D eigenvalue weighted by atomic mass is 10.1. The quantitative estimate of drug-likeness (QED) is 0.698. The van der Waals surface area contributed by atoms with E-state index in [2.05, 4.69) is 9.71 Å². The van der Waals surface area contributed by atoms with Gasteiger partial charge >= 0.3 is 0 Å². The highest BCUT2D eigenvalue weighted by Crippen LogP contribution is 2.28. The normalized spacial score (nSPS) is 11.0. The molecule has 0 aliphatic rings. The molecule has 0 spiro atoms. The van der Waals surface area contributed by atoms with Gasteiger partial charge in [0, 0.05) is 17.5 Å². The Balaban J connectivity index is 1.90. The van der Waals surface area contributed by atoms with E-state index in [1.54, 1.807) is 19.2 Å². The SMILES string of the molecule is COc1ccc(-c2cc(S(=O)(=O)Nc3ccc(C#N)cc3F)c[nH]2)c(C)c1. The number of nitrogens with one attached hydrogen (secondary N) is 2. The standard InChI is InChI=1S/C19H16FN3O3S/c1-12-7-14(26-2)4-5-16(12)19-9-15(11-22-19)27(24,25)23-18-6-3-13(10-21)8-17(18)20/h3-9,11,22-23H,1-2H3. The number of hydrogen-bond acceptors (Lipinski definition) is 4. The van der Waals surface area contributed by atoms with Gasteiger partial charge in [0.2, 0.25) is 0 Å². The molecule has 0 aliphatic carbocycles. The highest BCUT2D eigenvalue weighted by atomic mass is 32.2. The first-order chi connectivity index (χ1) is 12.8. The summed E-state index contributed by atoms with van der Waals surface area (Å²) in [4.78, 5) is 2.90. The molecule has 0 fully saturated rings. The second-order valence-corrected chi connectivity index (χ2v) is 7.52. The van der Waals surface area contributed by atoms with Gasteiger partial charge in [-0.1, -0.05) is 0 Å². The molecule has 0 aliphatic heterocycles. The minimum absolute atomic E-state index is 0.0310. The molecule has 0 saturated carbocycles. The van der Waals surface area contributed by atoms with Crippen LogP contribution in [-0.4, -0.2) is 20.5 Å². The number of anilines is 1. The van der Waals surface area contributed by atoms with Gasteiger partial charge in [0.05, 0.1) is 24.4 Å². The predicted molar refractivity (Wildman–Crippen MR) is 99.4 cm³/mol. The van der Waals surface area contributed by atoms with Crippen molar-refractivity contribution >= 4 is 15.7 Å². The van der Waals surface area contributed by atoms with Gasteiger partial charge in [-0.15, -0.1) is 0 Å². The Labute approximate surface area is 156 Å². The van der Waals surface area contributed by atoms with Gasteiger partial charge in [0.25, 0.3) is 10.0 Å². The second kappa shape index (κ2) is 7.13. The average molecular weight is 385 g/mol. The van der Waals surface area contributed by atoms with Crippen molar-refractivity contribution in [1.82, 2.24) is 4.98 Å². The molecule has 0 amide bonds. The number of nitriles is 1. The summed E-state index contributed by atoms with van der Waals surface area (Å²) in [7, 11) is -2.43. The van der Waals surface area contributed by atoms with Crippen LogP contribution in [0.3, 0.4) is 0 Å². The fraction of sp³-hybridized carbons (Fsp3) is 0.105. The number of aryl methyl sites for hydroxylation is 1. The molecule has 27 heavy (non-hydrogen) atoms. The number of rotatable bonds is 5. The first-order valence-electron chi connectivity index (χ1n) is 7.90. The summed E-state index contributed by atoms with van der Waals surface area (Å²) in [5.41, 5.74) is 2.22. The monoisotopic (exact) mass is 385 g/mol. The Morgan fingerprint density at radius 3 is 2.59 bits per heavy atom. The number of nitrogens with zero attached hydrogens (tertiary/aromatic N) is 1. The fourth-order valence-electron chi connectivity index (χ4n) is 2.62. The Hall–Kier alpha value is -3.31. The third-order valence-corrected chi connectivity index (χ3v) is 5.38. The number of aromatic nitrogens is 1. The Morgan fingerprint density at radius 1 is 1.19 bits per heavy atom. The van der Waals surface area contributed by atoms with Gasteiger partial charge in [0.15, 0.2) is 0 Å². The van der Waals surface area contributed by atoms with E-state index in [0.717, 1.165) is 17.2 Å². The molecule has 2 N–H and O–H groups in total. The molecule has 6 nitrogen and oxygen atoms in total. The second-order valence-electron chi connectivity index (χ2n) is 5.84. The van der Waals surface area contributed by atoms with Crippen LogP contribution >= 0.6 is 0 Å². The van der Waals surface area contributed by atoms with E-state index in [1.165, 1.54) is 24.4 Å². The molecule has 0 saturated heterocycles. The van der Waals surface area contributed by atoms with Gasteiger partial charge < -0.3 is 9.72 Å². The Kier molecular flexibility index (Phi) is 4.88. The summed E-state index contributed by atoms with van der Waals surface area (Å²) in [5.74, 6) is -0.118. The van der Waals surface area contributed by atoms with E-state index >= 15 is 0 Å². The average Bonchev–Trinajstić information content (AvgIpc) is 3.14. The van der Waals surface area contributed by atoms with E-state index < -0.39 is 15.8 Å². The summed E-state index contributed by atoms with van der Waals surface area (Å²) in [5, 5.41) is 8.76. The zero-order chi connectivity index (χ0) is 19.6. The Morgan fingerprint density at radius 2 is 1.96 bits per heavy atom. The van der Waals surface area contributed by atoms with Crippen molar-refractivity contribution in [3.8, 4) is 23.1 Å². The van der Waals surface area contributed by atoms with Crippen molar-refractivity contribution in [2.24, 2.45) is 0 Å². The third kappa shape index (κ3) is 3.78. The van der Waals surface area contributed by atoms with Gasteiger partial charge in [-0.05, 0) is 55.0 Å². The van der Waals surface area contributed by atoms with Gasteiger partial charge in [0.1, 0.15) is 16.5 Å². The molecule has 0 bridgehead atoms. The van der Waals surface area contributed by atoms with Crippen molar-refractivity contribution in [3.63, 3.8) is 0 Å². The number of methoxy groups -OCH3 is 1. The van der Waals surface area contributed by atoms with Crippen LogP contribution in [0.4, 0.5) is 10.1 Å². The molecule has 0 unspecified atom stereocenters. The van der Waals surface area contributed by atoms with Crippen molar-refractivity contribution in [3.05, 3.63) is 65.6 Å². The zero-order valence-electron chi connectivity index (χ0n) is 14.6. The van der Waals surface area contributed by atoms with Crippen LogP contribution in [0.2, 0.25) is 0 Å². The van der Waals surface area contributed by atoms with Crippen molar-refractivity contribution in [2.45, 2.75) is 11.8 Å². The number of hydrogen-bond donors (Lipinski definition) is 2. The molecule has 1 heterocycles. The minimum Gasteiger partial charge on any atom is -0.497 e. The summed E-state index contributed by atoms with van der Waals surface area (Å²) in [6.45, 7) is 1.89. The highest BCUT2D eigenvalue weighted by molar-refractivity contribution is 7.92. The van der Waals surface area contributed by atoms with Gasteiger partial charge in [-0.3, -0.25) is 4.72 Å². The number of sulfonamides is 1. The predicted octanol–water partition coefficient (Wildman–Crippen LogP) is 3.81. The smallest absolute Gasteiger partial charge is 0.263 e. The number of benzene rings is 2. The number of aromatic amines is 1. The number of H-pyrrole nitrogens is 1. The largest absolute Gasteiger partial charge is 0.497 e. The summed E-state index contributed by atoms with van der Waals surface area (Å²) < 4.78 is 46.5. The zero-order valence-corrected chi connectivity index (χ0v) is 15.4. The molecule has 0 radical (unpaired) electrons. The maximum Gasteiger partial charge on any atom is 0.263 e. The molecule has 138 valence electrons. The first kappa shape index (κ1) is 18.5. The first-order valence-corrected chi connectivity index (χ1v) is 9.38.